The average molecular weight is 256 g/mol. The first kappa shape index (κ1) is 11.2. The lowest BCUT2D eigenvalue weighted by Crippen LogP contribution is -1.94. The minimum atomic E-state index is 0.810. The van der Waals surface area contributed by atoms with Crippen LogP contribution in [0.5, 0.6) is 0 Å². The largest absolute Gasteiger partial charge is 0.257 e. The molecule has 3 rings (SSSR count). The SMILES string of the molecule is CCCc1cnc(-c2ncnc3ccsc23)cn1. The highest BCUT2D eigenvalue weighted by molar-refractivity contribution is 7.17. The normalized spacial score (nSPS) is 10.9. The van der Waals surface area contributed by atoms with Crippen LogP contribution < -0.4 is 0 Å². The molecule has 0 bridgehead atoms. The van der Waals surface area contributed by atoms with E-state index in [0.717, 1.165) is 40.1 Å². The summed E-state index contributed by atoms with van der Waals surface area (Å²) in [5.74, 6) is 0. The van der Waals surface area contributed by atoms with Crippen molar-refractivity contribution in [2.24, 2.45) is 0 Å². The molecule has 90 valence electrons. The van der Waals surface area contributed by atoms with Crippen LogP contribution in [0.2, 0.25) is 0 Å². The van der Waals surface area contributed by atoms with E-state index in [1.54, 1.807) is 23.9 Å². The van der Waals surface area contributed by atoms with Crippen molar-refractivity contribution in [2.45, 2.75) is 19.8 Å². The minimum Gasteiger partial charge on any atom is -0.257 e. The first-order valence-corrected chi connectivity index (χ1v) is 6.76. The summed E-state index contributed by atoms with van der Waals surface area (Å²) in [5.41, 5.74) is 3.66. The Hall–Kier alpha value is -1.88. The van der Waals surface area contributed by atoms with Crippen molar-refractivity contribution in [2.75, 3.05) is 0 Å². The van der Waals surface area contributed by atoms with Gasteiger partial charge >= 0.3 is 0 Å². The van der Waals surface area contributed by atoms with Crippen LogP contribution in [0.3, 0.4) is 0 Å². The van der Waals surface area contributed by atoms with Crippen molar-refractivity contribution < 1.29 is 0 Å². The maximum Gasteiger partial charge on any atom is 0.116 e. The molecule has 0 aliphatic carbocycles. The smallest absolute Gasteiger partial charge is 0.116 e. The molecule has 0 saturated carbocycles. The van der Waals surface area contributed by atoms with Gasteiger partial charge < -0.3 is 0 Å². The van der Waals surface area contributed by atoms with E-state index in [4.69, 9.17) is 0 Å². The van der Waals surface area contributed by atoms with Crippen molar-refractivity contribution in [3.63, 3.8) is 0 Å². The monoisotopic (exact) mass is 256 g/mol. The van der Waals surface area contributed by atoms with Crippen molar-refractivity contribution in [1.82, 2.24) is 19.9 Å². The highest BCUT2D eigenvalue weighted by Gasteiger charge is 2.09. The number of fused-ring (bicyclic) bond motifs is 1. The van der Waals surface area contributed by atoms with Gasteiger partial charge in [0.25, 0.3) is 0 Å². The van der Waals surface area contributed by atoms with Gasteiger partial charge in [-0.05, 0) is 17.9 Å². The first-order chi connectivity index (χ1) is 8.88. The van der Waals surface area contributed by atoms with Crippen LogP contribution in [0, 0.1) is 0 Å². The van der Waals surface area contributed by atoms with Gasteiger partial charge in [-0.1, -0.05) is 13.3 Å². The molecular weight excluding hydrogens is 244 g/mol. The van der Waals surface area contributed by atoms with Gasteiger partial charge in [-0.25, -0.2) is 9.97 Å². The van der Waals surface area contributed by atoms with Gasteiger partial charge in [0.1, 0.15) is 17.7 Å². The lowest BCUT2D eigenvalue weighted by molar-refractivity contribution is 0.871. The lowest BCUT2D eigenvalue weighted by atomic mass is 10.2. The van der Waals surface area contributed by atoms with Crippen molar-refractivity contribution in [3.8, 4) is 11.4 Å². The van der Waals surface area contributed by atoms with Crippen LogP contribution in [-0.2, 0) is 6.42 Å². The Balaban J connectivity index is 2.06. The summed E-state index contributed by atoms with van der Waals surface area (Å²) in [6, 6.07) is 1.99. The molecule has 0 aromatic carbocycles. The summed E-state index contributed by atoms with van der Waals surface area (Å²) in [6.45, 7) is 2.13. The third kappa shape index (κ3) is 1.97. The van der Waals surface area contributed by atoms with Crippen molar-refractivity contribution in [1.29, 1.82) is 0 Å². The van der Waals surface area contributed by atoms with Gasteiger partial charge in [-0.2, -0.15) is 0 Å². The number of rotatable bonds is 3. The summed E-state index contributed by atoms with van der Waals surface area (Å²) in [4.78, 5) is 17.4. The predicted molar refractivity (Wildman–Crippen MR) is 72.4 cm³/mol. The zero-order chi connectivity index (χ0) is 12.4. The third-order valence-corrected chi connectivity index (χ3v) is 3.61. The molecule has 0 saturated heterocycles. The molecule has 0 fully saturated rings. The molecule has 0 spiro atoms. The van der Waals surface area contributed by atoms with E-state index in [-0.39, 0.29) is 0 Å². The second-order valence-corrected chi connectivity index (χ2v) is 4.92. The quantitative estimate of drug-likeness (QED) is 0.722. The molecule has 3 heterocycles. The van der Waals surface area contributed by atoms with Crippen LogP contribution in [0.1, 0.15) is 19.0 Å². The molecule has 0 amide bonds. The summed E-state index contributed by atoms with van der Waals surface area (Å²) >= 11 is 1.63. The fourth-order valence-corrected chi connectivity index (χ4v) is 2.68. The van der Waals surface area contributed by atoms with E-state index in [9.17, 15) is 0 Å². The van der Waals surface area contributed by atoms with E-state index in [1.807, 2.05) is 17.6 Å². The molecule has 0 unspecified atom stereocenters. The van der Waals surface area contributed by atoms with Crippen molar-refractivity contribution in [3.05, 3.63) is 35.9 Å². The first-order valence-electron chi connectivity index (χ1n) is 5.88. The Morgan fingerprint density at radius 1 is 1.11 bits per heavy atom. The van der Waals surface area contributed by atoms with E-state index in [2.05, 4.69) is 26.9 Å². The number of nitrogens with zero attached hydrogens (tertiary/aromatic N) is 4. The van der Waals surface area contributed by atoms with Gasteiger partial charge in [0, 0.05) is 6.20 Å². The van der Waals surface area contributed by atoms with Gasteiger partial charge in [-0.3, -0.25) is 9.97 Å². The Morgan fingerprint density at radius 3 is 2.83 bits per heavy atom. The third-order valence-electron chi connectivity index (χ3n) is 2.70. The molecule has 0 aliphatic rings. The number of aryl methyl sites for hydroxylation is 1. The van der Waals surface area contributed by atoms with E-state index in [0.29, 0.717) is 0 Å². The number of hydrogen-bond donors (Lipinski definition) is 0. The summed E-state index contributed by atoms with van der Waals surface area (Å²) in [7, 11) is 0. The topological polar surface area (TPSA) is 51.6 Å². The maximum absolute atomic E-state index is 4.45. The van der Waals surface area contributed by atoms with Gasteiger partial charge in [0.15, 0.2) is 0 Å². The van der Waals surface area contributed by atoms with Crippen LogP contribution in [-0.4, -0.2) is 19.9 Å². The molecule has 4 nitrogen and oxygen atoms in total. The predicted octanol–water partition coefficient (Wildman–Crippen LogP) is 3.10. The Bertz CT molecular complexity index is 660. The van der Waals surface area contributed by atoms with Crippen LogP contribution >= 0.6 is 11.3 Å². The van der Waals surface area contributed by atoms with Crippen LogP contribution in [0.15, 0.2) is 30.2 Å². The Kier molecular flexibility index (Phi) is 2.98. The number of thiophene rings is 1. The van der Waals surface area contributed by atoms with Gasteiger partial charge in [0.2, 0.25) is 0 Å². The molecule has 0 aliphatic heterocycles. The zero-order valence-corrected chi connectivity index (χ0v) is 10.8. The van der Waals surface area contributed by atoms with E-state index in [1.165, 1.54) is 0 Å². The molecule has 3 aromatic heterocycles. The van der Waals surface area contributed by atoms with Crippen LogP contribution in [0.4, 0.5) is 0 Å². The molecule has 0 atom stereocenters. The second-order valence-electron chi connectivity index (χ2n) is 4.00. The molecular formula is C13H12N4S. The van der Waals surface area contributed by atoms with E-state index < -0.39 is 0 Å². The van der Waals surface area contributed by atoms with Gasteiger partial charge in [0.05, 0.1) is 22.1 Å². The summed E-state index contributed by atoms with van der Waals surface area (Å²) in [5, 5.41) is 2.02. The highest BCUT2D eigenvalue weighted by Crippen LogP contribution is 2.27. The summed E-state index contributed by atoms with van der Waals surface area (Å²) in [6.07, 6.45) is 7.25. The zero-order valence-electron chi connectivity index (χ0n) is 10.00. The van der Waals surface area contributed by atoms with E-state index >= 15 is 0 Å². The number of hydrogen-bond acceptors (Lipinski definition) is 5. The minimum absolute atomic E-state index is 0.810. The lowest BCUT2D eigenvalue weighted by Gasteiger charge is -2.02. The Morgan fingerprint density at radius 2 is 2.06 bits per heavy atom. The van der Waals surface area contributed by atoms with Crippen LogP contribution in [0.25, 0.3) is 21.6 Å². The fraction of sp³-hybridized carbons (Fsp3) is 0.231. The highest BCUT2D eigenvalue weighted by atomic mass is 32.1. The second kappa shape index (κ2) is 4.78. The molecule has 18 heavy (non-hydrogen) atoms. The molecule has 3 aromatic rings. The van der Waals surface area contributed by atoms with Crippen molar-refractivity contribution >= 4 is 21.6 Å². The molecule has 0 radical (unpaired) electrons. The van der Waals surface area contributed by atoms with Gasteiger partial charge in [-0.15, -0.1) is 11.3 Å². The Labute approximate surface area is 109 Å². The molecule has 0 N–H and O–H groups in total. The fourth-order valence-electron chi connectivity index (χ4n) is 1.83. The summed E-state index contributed by atoms with van der Waals surface area (Å²) < 4.78 is 1.06. The molecule has 5 heteroatoms. The maximum atomic E-state index is 4.45. The number of aromatic nitrogens is 4. The average Bonchev–Trinajstić information content (AvgIpc) is 2.88. The standard InChI is InChI=1S/C13H12N4S/c1-2-3-9-6-15-11(7-14-9)12-13-10(4-5-18-13)16-8-17-12/h4-8H,2-3H2,1H3.